The van der Waals surface area contributed by atoms with E-state index in [-0.39, 0.29) is 16.8 Å². The van der Waals surface area contributed by atoms with Gasteiger partial charge in [0.2, 0.25) is 0 Å². The van der Waals surface area contributed by atoms with Crippen molar-refractivity contribution in [3.05, 3.63) is 60.7 Å². The van der Waals surface area contributed by atoms with Gasteiger partial charge in [-0.1, -0.05) is 0 Å². The summed E-state index contributed by atoms with van der Waals surface area (Å²) in [6, 6.07) is 20.0. The minimum Gasteiger partial charge on any atom is -0.545 e. The van der Waals surface area contributed by atoms with Gasteiger partial charge in [-0.2, -0.15) is 36.4 Å². The van der Waals surface area contributed by atoms with Crippen molar-refractivity contribution < 1.29 is 21.6 Å². The monoisotopic (exact) mass is 218 g/mol. The maximum Gasteiger partial charge on any atom is 3.00 e. The Labute approximate surface area is 89.3 Å². The van der Waals surface area contributed by atoms with E-state index < -0.39 is 0 Å². The van der Waals surface area contributed by atoms with E-state index in [2.05, 4.69) is 6.79 Å². The molecule has 13 heavy (non-hydrogen) atoms. The van der Waals surface area contributed by atoms with Crippen LogP contribution in [-0.4, -0.2) is 6.79 Å². The molecule has 2 rings (SSSR count). The Hall–Kier alpha value is -1.12. The van der Waals surface area contributed by atoms with Crippen molar-refractivity contribution in [1.29, 1.82) is 0 Å². The Bertz CT molecular complexity index is 162. The fraction of sp³-hybridized carbons (Fsp3) is 0. The number of hydrogen-bond donors (Lipinski definition) is 0. The summed E-state index contributed by atoms with van der Waals surface area (Å²) in [5.74, 6) is 0. The van der Waals surface area contributed by atoms with Crippen LogP contribution in [0.3, 0.4) is 0 Å². The van der Waals surface area contributed by atoms with Crippen LogP contribution in [0.1, 0.15) is 0 Å². The summed E-state index contributed by atoms with van der Waals surface area (Å²) in [4.78, 5) is 7.75. The number of rotatable bonds is 0. The van der Waals surface area contributed by atoms with E-state index in [1.165, 1.54) is 0 Å². The topological polar surface area (TPSA) is 17.1 Å². The first kappa shape index (κ1) is 14.4. The first-order valence-corrected chi connectivity index (χ1v) is 3.57. The van der Waals surface area contributed by atoms with Gasteiger partial charge >= 0.3 is 16.8 Å². The van der Waals surface area contributed by atoms with Crippen molar-refractivity contribution in [3.63, 3.8) is 0 Å². The SMILES string of the molecule is [CH-]=O.[Co+3].c1cc[cH-]c1.c1cc[cH-]c1. The van der Waals surface area contributed by atoms with Crippen LogP contribution in [0.4, 0.5) is 0 Å². The molecule has 2 aromatic carbocycles. The molecular formula is C11H11CoO. The smallest absolute Gasteiger partial charge is 0.545 e. The number of hydrogen-bond acceptors (Lipinski definition) is 1. The Morgan fingerprint density at radius 3 is 1.00 bits per heavy atom. The van der Waals surface area contributed by atoms with Gasteiger partial charge in [-0.3, -0.25) is 6.79 Å². The van der Waals surface area contributed by atoms with E-state index >= 15 is 0 Å². The molecule has 2 heteroatoms. The van der Waals surface area contributed by atoms with Crippen LogP contribution < -0.4 is 0 Å². The first-order valence-electron chi connectivity index (χ1n) is 3.57. The van der Waals surface area contributed by atoms with E-state index in [0.29, 0.717) is 0 Å². The van der Waals surface area contributed by atoms with Crippen molar-refractivity contribution in [1.82, 2.24) is 0 Å². The Morgan fingerprint density at radius 1 is 0.692 bits per heavy atom. The molecule has 0 aromatic heterocycles. The van der Waals surface area contributed by atoms with Gasteiger partial charge in [0.05, 0.1) is 0 Å². The zero-order valence-electron chi connectivity index (χ0n) is 7.09. The summed E-state index contributed by atoms with van der Waals surface area (Å²) in [6.07, 6.45) is 0. The van der Waals surface area contributed by atoms with Crippen LogP contribution in [0.5, 0.6) is 0 Å². The Morgan fingerprint density at radius 2 is 0.923 bits per heavy atom. The van der Waals surface area contributed by atoms with Crippen LogP contribution in [0.25, 0.3) is 0 Å². The van der Waals surface area contributed by atoms with Gasteiger partial charge in [0, 0.05) is 0 Å². The minimum atomic E-state index is 0. The molecule has 0 atom stereocenters. The van der Waals surface area contributed by atoms with Crippen LogP contribution >= 0.6 is 0 Å². The van der Waals surface area contributed by atoms with Gasteiger partial charge in [-0.15, -0.1) is 0 Å². The zero-order valence-corrected chi connectivity index (χ0v) is 8.13. The van der Waals surface area contributed by atoms with Gasteiger partial charge in [0.15, 0.2) is 0 Å². The molecule has 0 unspecified atom stereocenters. The quantitative estimate of drug-likeness (QED) is 0.490. The van der Waals surface area contributed by atoms with Gasteiger partial charge < -0.3 is 4.79 Å². The normalized spacial score (nSPS) is 6.46. The fourth-order valence-corrected chi connectivity index (χ4v) is 0.642. The Kier molecular flexibility index (Phi) is 14.9. The van der Waals surface area contributed by atoms with Crippen molar-refractivity contribution >= 4 is 6.79 Å². The fourth-order valence-electron chi connectivity index (χ4n) is 0.642. The van der Waals surface area contributed by atoms with Crippen LogP contribution in [-0.2, 0) is 21.6 Å². The van der Waals surface area contributed by atoms with E-state index in [1.807, 2.05) is 60.7 Å². The molecule has 1 nitrogen and oxygen atoms in total. The van der Waals surface area contributed by atoms with Crippen molar-refractivity contribution in [2.75, 3.05) is 0 Å². The summed E-state index contributed by atoms with van der Waals surface area (Å²) in [6.45, 7) is 3.25. The minimum absolute atomic E-state index is 0. The third kappa shape index (κ3) is 10.9. The van der Waals surface area contributed by atoms with Crippen molar-refractivity contribution in [2.24, 2.45) is 0 Å². The molecule has 0 aliphatic carbocycles. The standard InChI is InChI=1S/2C5H5.CHO.Co/c2*1-2-4-5-3-1;1-2;/h2*1-5H;1H;/q3*-1;+3. The molecular weight excluding hydrogens is 207 g/mol. The molecule has 0 aliphatic heterocycles. The average molecular weight is 218 g/mol. The second kappa shape index (κ2) is 13.5. The largest absolute Gasteiger partial charge is 3.00 e. The molecule has 2 aromatic rings. The molecule has 0 radical (unpaired) electrons. The third-order valence-electron chi connectivity index (χ3n) is 1.11. The van der Waals surface area contributed by atoms with Crippen LogP contribution in [0, 0.1) is 0 Å². The molecule has 0 spiro atoms. The summed E-state index contributed by atoms with van der Waals surface area (Å²) >= 11 is 0. The van der Waals surface area contributed by atoms with Gasteiger partial charge in [0.1, 0.15) is 0 Å². The maximum absolute atomic E-state index is 7.75. The van der Waals surface area contributed by atoms with Crippen LogP contribution in [0.15, 0.2) is 60.7 Å². The van der Waals surface area contributed by atoms with E-state index in [9.17, 15) is 0 Å². The second-order valence-corrected chi connectivity index (χ2v) is 1.92. The Balaban J connectivity index is 0. The zero-order chi connectivity index (χ0) is 9.07. The predicted octanol–water partition coefficient (Wildman–Crippen LogP) is 2.53. The maximum atomic E-state index is 7.75. The molecule has 0 amide bonds. The van der Waals surface area contributed by atoms with E-state index in [1.54, 1.807) is 0 Å². The van der Waals surface area contributed by atoms with Gasteiger partial charge in [-0.25, -0.2) is 24.3 Å². The van der Waals surface area contributed by atoms with Crippen molar-refractivity contribution in [2.45, 2.75) is 0 Å². The molecule has 0 fully saturated rings. The molecule has 70 valence electrons. The van der Waals surface area contributed by atoms with Gasteiger partial charge in [-0.05, 0) is 0 Å². The second-order valence-electron chi connectivity index (χ2n) is 1.92. The third-order valence-corrected chi connectivity index (χ3v) is 1.11. The molecule has 0 aliphatic rings. The summed E-state index contributed by atoms with van der Waals surface area (Å²) < 4.78 is 0. The van der Waals surface area contributed by atoms with E-state index in [4.69, 9.17) is 4.79 Å². The molecule has 0 bridgehead atoms. The first-order chi connectivity index (χ1) is 6.00. The summed E-state index contributed by atoms with van der Waals surface area (Å²) in [5.41, 5.74) is 0. The number of carbonyl (C=O) groups excluding carboxylic acids is 1. The van der Waals surface area contributed by atoms with E-state index in [0.717, 1.165) is 0 Å². The molecule has 0 saturated carbocycles. The summed E-state index contributed by atoms with van der Waals surface area (Å²) in [5, 5.41) is 0. The van der Waals surface area contributed by atoms with Gasteiger partial charge in [0.25, 0.3) is 0 Å². The molecule has 0 saturated heterocycles. The predicted molar refractivity (Wildman–Crippen MR) is 50.8 cm³/mol. The summed E-state index contributed by atoms with van der Waals surface area (Å²) in [7, 11) is 0. The molecule has 0 N–H and O–H groups in total. The van der Waals surface area contributed by atoms with Crippen LogP contribution in [0.2, 0.25) is 0 Å². The van der Waals surface area contributed by atoms with Crippen molar-refractivity contribution in [3.8, 4) is 0 Å². The molecule has 0 heterocycles. The average Bonchev–Trinajstić information content (AvgIpc) is 2.87.